The number of hydrogen-bond donors (Lipinski definition) is 2. The summed E-state index contributed by atoms with van der Waals surface area (Å²) >= 11 is 0. The zero-order chi connectivity index (χ0) is 12.8. The van der Waals surface area contributed by atoms with Crippen LogP contribution in [0.5, 0.6) is 0 Å². The van der Waals surface area contributed by atoms with Crippen LogP contribution in [0.3, 0.4) is 0 Å². The normalized spacial score (nSPS) is 12.9. The molecule has 0 aliphatic carbocycles. The summed E-state index contributed by atoms with van der Waals surface area (Å²) in [6.07, 6.45) is 9.37. The molecule has 0 aromatic carbocycles. The first-order valence-corrected chi connectivity index (χ1v) is 7.72. The van der Waals surface area contributed by atoms with Gasteiger partial charge in [0.05, 0.1) is 0 Å². The summed E-state index contributed by atoms with van der Waals surface area (Å²) in [5.74, 6) is 0.824. The Labute approximate surface area is 109 Å². The van der Waals surface area contributed by atoms with Crippen LogP contribution in [0.15, 0.2) is 0 Å². The van der Waals surface area contributed by atoms with E-state index >= 15 is 0 Å². The summed E-state index contributed by atoms with van der Waals surface area (Å²) < 4.78 is 0. The monoisotopic (exact) mass is 242 g/mol. The van der Waals surface area contributed by atoms with Crippen LogP contribution in [0.4, 0.5) is 0 Å². The molecule has 0 aliphatic heterocycles. The molecular formula is C15H34N2. The Morgan fingerprint density at radius 3 is 2.24 bits per heavy atom. The molecule has 17 heavy (non-hydrogen) atoms. The van der Waals surface area contributed by atoms with Gasteiger partial charge in [0.25, 0.3) is 0 Å². The van der Waals surface area contributed by atoms with Crippen molar-refractivity contribution in [3.63, 3.8) is 0 Å². The molecule has 2 nitrogen and oxygen atoms in total. The van der Waals surface area contributed by atoms with E-state index in [-0.39, 0.29) is 0 Å². The highest BCUT2D eigenvalue weighted by Crippen LogP contribution is 2.03. The molecule has 0 saturated carbocycles. The van der Waals surface area contributed by atoms with Crippen molar-refractivity contribution < 1.29 is 0 Å². The van der Waals surface area contributed by atoms with Crippen molar-refractivity contribution in [3.8, 4) is 0 Å². The van der Waals surface area contributed by atoms with Crippen molar-refractivity contribution in [1.29, 1.82) is 0 Å². The Kier molecular flexibility index (Phi) is 13.9. The fourth-order valence-electron chi connectivity index (χ4n) is 2.00. The van der Waals surface area contributed by atoms with E-state index in [1.807, 2.05) is 0 Å². The van der Waals surface area contributed by atoms with E-state index in [0.29, 0.717) is 0 Å². The molecule has 0 aliphatic rings. The number of nitrogens with one attached hydrogen (secondary N) is 2. The predicted molar refractivity (Wildman–Crippen MR) is 78.6 cm³/mol. The van der Waals surface area contributed by atoms with Gasteiger partial charge in [-0.2, -0.15) is 0 Å². The summed E-state index contributed by atoms with van der Waals surface area (Å²) in [7, 11) is 0. The van der Waals surface area contributed by atoms with Gasteiger partial charge in [-0.1, -0.05) is 40.0 Å². The largest absolute Gasteiger partial charge is 0.317 e. The van der Waals surface area contributed by atoms with Crippen molar-refractivity contribution in [1.82, 2.24) is 10.6 Å². The molecule has 2 N–H and O–H groups in total. The van der Waals surface area contributed by atoms with E-state index in [4.69, 9.17) is 0 Å². The van der Waals surface area contributed by atoms with Gasteiger partial charge < -0.3 is 10.6 Å². The second-order valence-corrected chi connectivity index (χ2v) is 5.26. The highest BCUT2D eigenvalue weighted by molar-refractivity contribution is 4.59. The zero-order valence-corrected chi connectivity index (χ0v) is 12.4. The molecule has 2 heteroatoms. The first-order valence-electron chi connectivity index (χ1n) is 7.72. The third-order valence-corrected chi connectivity index (χ3v) is 3.18. The topological polar surface area (TPSA) is 24.1 Å². The zero-order valence-electron chi connectivity index (χ0n) is 12.4. The van der Waals surface area contributed by atoms with Gasteiger partial charge in [0.15, 0.2) is 0 Å². The van der Waals surface area contributed by atoms with Crippen molar-refractivity contribution in [2.75, 3.05) is 26.2 Å². The fraction of sp³-hybridized carbons (Fsp3) is 1.00. The van der Waals surface area contributed by atoms with E-state index < -0.39 is 0 Å². The van der Waals surface area contributed by atoms with Crippen LogP contribution in [0, 0.1) is 5.92 Å². The lowest BCUT2D eigenvalue weighted by Crippen LogP contribution is -2.23. The lowest BCUT2D eigenvalue weighted by molar-refractivity contribution is 0.452. The molecule has 0 aromatic rings. The van der Waals surface area contributed by atoms with E-state index in [0.717, 1.165) is 5.92 Å². The molecule has 0 radical (unpaired) electrons. The molecule has 0 rings (SSSR count). The van der Waals surface area contributed by atoms with Crippen molar-refractivity contribution in [2.45, 2.75) is 65.7 Å². The SMILES string of the molecule is CCCCCCNC[C@H](C)CCCNCCC. The van der Waals surface area contributed by atoms with Crippen LogP contribution in [0.25, 0.3) is 0 Å². The smallest absolute Gasteiger partial charge is 0.00231 e. The van der Waals surface area contributed by atoms with E-state index in [9.17, 15) is 0 Å². The molecule has 104 valence electrons. The quantitative estimate of drug-likeness (QED) is 0.482. The Hall–Kier alpha value is -0.0800. The van der Waals surface area contributed by atoms with Gasteiger partial charge in [0.2, 0.25) is 0 Å². The third-order valence-electron chi connectivity index (χ3n) is 3.18. The summed E-state index contributed by atoms with van der Waals surface area (Å²) in [6.45, 7) is 11.6. The van der Waals surface area contributed by atoms with Gasteiger partial charge in [-0.15, -0.1) is 0 Å². The minimum absolute atomic E-state index is 0.824. The molecular weight excluding hydrogens is 208 g/mol. The molecule has 0 spiro atoms. The van der Waals surface area contributed by atoms with Gasteiger partial charge in [-0.05, 0) is 57.8 Å². The van der Waals surface area contributed by atoms with Crippen LogP contribution in [-0.2, 0) is 0 Å². The van der Waals surface area contributed by atoms with Crippen LogP contribution >= 0.6 is 0 Å². The highest BCUT2D eigenvalue weighted by atomic mass is 14.9. The summed E-state index contributed by atoms with van der Waals surface area (Å²) in [6, 6.07) is 0. The second-order valence-electron chi connectivity index (χ2n) is 5.26. The van der Waals surface area contributed by atoms with Crippen LogP contribution < -0.4 is 10.6 Å². The maximum Gasteiger partial charge on any atom is -0.00231 e. The molecule has 0 fully saturated rings. The summed E-state index contributed by atoms with van der Waals surface area (Å²) in [4.78, 5) is 0. The van der Waals surface area contributed by atoms with Crippen molar-refractivity contribution >= 4 is 0 Å². The predicted octanol–water partition coefficient (Wildman–Crippen LogP) is 3.57. The van der Waals surface area contributed by atoms with E-state index in [2.05, 4.69) is 31.4 Å². The lowest BCUT2D eigenvalue weighted by Gasteiger charge is -2.12. The van der Waals surface area contributed by atoms with Gasteiger partial charge >= 0.3 is 0 Å². The first kappa shape index (κ1) is 16.9. The van der Waals surface area contributed by atoms with Crippen LogP contribution in [0.2, 0.25) is 0 Å². The van der Waals surface area contributed by atoms with Crippen LogP contribution in [-0.4, -0.2) is 26.2 Å². The summed E-state index contributed by atoms with van der Waals surface area (Å²) in [5.41, 5.74) is 0. The summed E-state index contributed by atoms with van der Waals surface area (Å²) in [5, 5.41) is 7.04. The minimum atomic E-state index is 0.824. The molecule has 1 atom stereocenters. The molecule has 0 unspecified atom stereocenters. The highest BCUT2D eigenvalue weighted by Gasteiger charge is 2.00. The molecule has 0 heterocycles. The first-order chi connectivity index (χ1) is 8.31. The Morgan fingerprint density at radius 2 is 1.53 bits per heavy atom. The van der Waals surface area contributed by atoms with Crippen molar-refractivity contribution in [3.05, 3.63) is 0 Å². The average Bonchev–Trinajstić information content (AvgIpc) is 2.33. The fourth-order valence-corrected chi connectivity index (χ4v) is 2.00. The number of unbranched alkanes of at least 4 members (excludes halogenated alkanes) is 3. The Bertz CT molecular complexity index is 137. The van der Waals surface area contributed by atoms with E-state index in [1.54, 1.807) is 0 Å². The second kappa shape index (κ2) is 14.0. The van der Waals surface area contributed by atoms with Gasteiger partial charge in [0.1, 0.15) is 0 Å². The molecule has 0 aromatic heterocycles. The molecule has 0 amide bonds. The van der Waals surface area contributed by atoms with Crippen LogP contribution in [0.1, 0.15) is 65.7 Å². The minimum Gasteiger partial charge on any atom is -0.317 e. The van der Waals surface area contributed by atoms with Crippen molar-refractivity contribution in [2.24, 2.45) is 5.92 Å². The Morgan fingerprint density at radius 1 is 0.765 bits per heavy atom. The van der Waals surface area contributed by atoms with Gasteiger partial charge in [-0.25, -0.2) is 0 Å². The maximum atomic E-state index is 3.58. The van der Waals surface area contributed by atoms with Gasteiger partial charge in [0, 0.05) is 0 Å². The standard InChI is InChI=1S/C15H34N2/c1-4-6-7-8-12-17-14-15(3)10-9-13-16-11-5-2/h15-17H,4-14H2,1-3H3/t15-/m1/s1. The lowest BCUT2D eigenvalue weighted by atomic mass is 10.1. The molecule has 0 saturated heterocycles. The third kappa shape index (κ3) is 13.9. The number of hydrogen-bond acceptors (Lipinski definition) is 2. The van der Waals surface area contributed by atoms with E-state index in [1.165, 1.54) is 71.1 Å². The maximum absolute atomic E-state index is 3.58. The van der Waals surface area contributed by atoms with Gasteiger partial charge in [-0.3, -0.25) is 0 Å². The average molecular weight is 242 g/mol. The Balaban J connectivity index is 3.09. The number of rotatable bonds is 13. The molecule has 0 bridgehead atoms.